The summed E-state index contributed by atoms with van der Waals surface area (Å²) in [6.07, 6.45) is 5.47. The Morgan fingerprint density at radius 2 is 1.81 bits per heavy atom. The van der Waals surface area contributed by atoms with Crippen molar-refractivity contribution in [2.75, 3.05) is 27.4 Å². The quantitative estimate of drug-likeness (QED) is 0.341. The lowest BCUT2D eigenvalue weighted by Crippen LogP contribution is -2.06. The number of benzene rings is 1. The first-order chi connectivity index (χ1) is 12.5. The van der Waals surface area contributed by atoms with Crippen LogP contribution in [0.4, 0.5) is 0 Å². The summed E-state index contributed by atoms with van der Waals surface area (Å²) in [5.74, 6) is 0.453. The van der Waals surface area contributed by atoms with Gasteiger partial charge in [0.2, 0.25) is 0 Å². The molecule has 0 amide bonds. The zero-order chi connectivity index (χ0) is 19.4. The summed E-state index contributed by atoms with van der Waals surface area (Å²) >= 11 is 0. The summed E-state index contributed by atoms with van der Waals surface area (Å²) in [5, 5.41) is 0. The maximum atomic E-state index is 11.2. The number of ether oxygens (including phenoxy) is 4. The molecule has 0 N–H and O–H groups in total. The number of esters is 2. The summed E-state index contributed by atoms with van der Waals surface area (Å²) in [4.78, 5) is 22.4. The molecular formula is C20H26O6. The van der Waals surface area contributed by atoms with Crippen LogP contribution in [0.3, 0.4) is 0 Å². The molecule has 6 heteroatoms. The minimum Gasteiger partial charge on any atom is -0.493 e. The average Bonchev–Trinajstić information content (AvgIpc) is 2.65. The van der Waals surface area contributed by atoms with Crippen molar-refractivity contribution < 1.29 is 28.5 Å². The molecule has 6 nitrogen and oxygen atoms in total. The van der Waals surface area contributed by atoms with E-state index in [1.54, 1.807) is 32.2 Å². The van der Waals surface area contributed by atoms with Gasteiger partial charge in [-0.2, -0.15) is 0 Å². The molecule has 0 spiro atoms. The van der Waals surface area contributed by atoms with Crippen LogP contribution in [-0.2, 0) is 19.1 Å². The average molecular weight is 362 g/mol. The van der Waals surface area contributed by atoms with E-state index in [1.807, 2.05) is 6.07 Å². The van der Waals surface area contributed by atoms with Crippen LogP contribution in [0, 0.1) is 0 Å². The molecule has 0 fully saturated rings. The molecule has 0 aliphatic rings. The SMILES string of the molecule is C=C(C)C(=O)OCCCCCOc1ccc(C=CC(=O)OC)cc1OC. The molecule has 26 heavy (non-hydrogen) atoms. The highest BCUT2D eigenvalue weighted by molar-refractivity contribution is 5.87. The van der Waals surface area contributed by atoms with Gasteiger partial charge in [-0.05, 0) is 50.0 Å². The van der Waals surface area contributed by atoms with Gasteiger partial charge in [-0.3, -0.25) is 0 Å². The van der Waals surface area contributed by atoms with Gasteiger partial charge in [0.25, 0.3) is 0 Å². The lowest BCUT2D eigenvalue weighted by Gasteiger charge is -2.11. The standard InChI is InChI=1S/C20H26O6/c1-15(2)20(22)26-13-7-5-6-12-25-17-10-8-16(14-18(17)23-3)9-11-19(21)24-4/h8-11,14H,1,5-7,12-13H2,2-4H3. The van der Waals surface area contributed by atoms with Crippen molar-refractivity contribution in [2.24, 2.45) is 0 Å². The van der Waals surface area contributed by atoms with Gasteiger partial charge in [0.05, 0.1) is 27.4 Å². The van der Waals surface area contributed by atoms with E-state index < -0.39 is 5.97 Å². The predicted molar refractivity (Wildman–Crippen MR) is 99.2 cm³/mol. The molecule has 0 aromatic heterocycles. The number of carbonyl (C=O) groups is 2. The fraction of sp³-hybridized carbons (Fsp3) is 0.400. The van der Waals surface area contributed by atoms with Gasteiger partial charge in [-0.1, -0.05) is 12.6 Å². The van der Waals surface area contributed by atoms with E-state index in [-0.39, 0.29) is 5.97 Å². The second kappa shape index (κ2) is 11.7. The lowest BCUT2D eigenvalue weighted by atomic mass is 10.2. The van der Waals surface area contributed by atoms with E-state index >= 15 is 0 Å². The molecule has 0 heterocycles. The molecule has 0 saturated carbocycles. The van der Waals surface area contributed by atoms with Crippen molar-refractivity contribution in [1.29, 1.82) is 0 Å². The van der Waals surface area contributed by atoms with Crippen molar-refractivity contribution in [3.8, 4) is 11.5 Å². The summed E-state index contributed by atoms with van der Waals surface area (Å²) in [6.45, 7) is 6.07. The van der Waals surface area contributed by atoms with Gasteiger partial charge >= 0.3 is 11.9 Å². The molecule has 0 aliphatic heterocycles. The first-order valence-corrected chi connectivity index (χ1v) is 8.37. The van der Waals surface area contributed by atoms with Crippen LogP contribution in [0.25, 0.3) is 6.08 Å². The topological polar surface area (TPSA) is 71.1 Å². The third-order valence-corrected chi connectivity index (χ3v) is 3.43. The van der Waals surface area contributed by atoms with Gasteiger partial charge in [0, 0.05) is 11.6 Å². The largest absolute Gasteiger partial charge is 0.493 e. The maximum absolute atomic E-state index is 11.2. The highest BCUT2D eigenvalue weighted by atomic mass is 16.5. The normalized spacial score (nSPS) is 10.4. The fourth-order valence-electron chi connectivity index (χ4n) is 1.99. The molecule has 1 aromatic rings. The van der Waals surface area contributed by atoms with Crippen molar-refractivity contribution in [3.05, 3.63) is 42.0 Å². The second-order valence-electron chi connectivity index (χ2n) is 5.59. The summed E-state index contributed by atoms with van der Waals surface area (Å²) in [7, 11) is 2.89. The van der Waals surface area contributed by atoms with E-state index in [0.29, 0.717) is 30.3 Å². The minimum atomic E-state index is -0.418. The molecule has 1 aromatic carbocycles. The smallest absolute Gasteiger partial charge is 0.333 e. The zero-order valence-electron chi connectivity index (χ0n) is 15.6. The van der Waals surface area contributed by atoms with Crippen molar-refractivity contribution in [3.63, 3.8) is 0 Å². The Morgan fingerprint density at radius 1 is 1.08 bits per heavy atom. The number of rotatable bonds is 11. The highest BCUT2D eigenvalue weighted by Gasteiger charge is 2.06. The third-order valence-electron chi connectivity index (χ3n) is 3.43. The van der Waals surface area contributed by atoms with Crippen LogP contribution in [0.15, 0.2) is 36.4 Å². The molecule has 0 bridgehead atoms. The molecule has 142 valence electrons. The van der Waals surface area contributed by atoms with E-state index in [0.717, 1.165) is 24.8 Å². The first kappa shape index (κ1) is 21.3. The molecule has 0 unspecified atom stereocenters. The minimum absolute atomic E-state index is 0.354. The lowest BCUT2D eigenvalue weighted by molar-refractivity contribution is -0.139. The van der Waals surface area contributed by atoms with Crippen LogP contribution >= 0.6 is 0 Å². The number of hydrogen-bond donors (Lipinski definition) is 0. The van der Waals surface area contributed by atoms with Crippen LogP contribution in [0.1, 0.15) is 31.7 Å². The third kappa shape index (κ3) is 7.88. The van der Waals surface area contributed by atoms with Gasteiger partial charge in [0.1, 0.15) is 0 Å². The van der Waals surface area contributed by atoms with Gasteiger partial charge in [0.15, 0.2) is 11.5 Å². The molecule has 1 rings (SSSR count). The van der Waals surface area contributed by atoms with Crippen molar-refractivity contribution in [2.45, 2.75) is 26.2 Å². The van der Waals surface area contributed by atoms with Gasteiger partial charge in [-0.25, -0.2) is 9.59 Å². The number of methoxy groups -OCH3 is 2. The number of unbranched alkanes of at least 4 members (excludes halogenated alkanes) is 2. The Kier molecular flexibility index (Phi) is 9.61. The van der Waals surface area contributed by atoms with Crippen molar-refractivity contribution in [1.82, 2.24) is 0 Å². The molecule has 0 atom stereocenters. The molecular weight excluding hydrogens is 336 g/mol. The van der Waals surface area contributed by atoms with Crippen molar-refractivity contribution >= 4 is 18.0 Å². The Balaban J connectivity index is 2.38. The Morgan fingerprint density at radius 3 is 2.46 bits per heavy atom. The predicted octanol–water partition coefficient (Wildman–Crippen LogP) is 3.55. The second-order valence-corrected chi connectivity index (χ2v) is 5.59. The maximum Gasteiger partial charge on any atom is 0.333 e. The van der Waals surface area contributed by atoms with Crippen LogP contribution in [0.5, 0.6) is 11.5 Å². The Labute approximate surface area is 154 Å². The van der Waals surface area contributed by atoms with Gasteiger partial charge < -0.3 is 18.9 Å². The summed E-state index contributed by atoms with van der Waals surface area (Å²) in [6, 6.07) is 5.41. The monoisotopic (exact) mass is 362 g/mol. The van der Waals surface area contributed by atoms with Crippen LogP contribution in [-0.4, -0.2) is 39.4 Å². The highest BCUT2D eigenvalue weighted by Crippen LogP contribution is 2.28. The molecule has 0 radical (unpaired) electrons. The molecule has 0 saturated heterocycles. The summed E-state index contributed by atoms with van der Waals surface area (Å²) < 4.78 is 20.6. The number of carbonyl (C=O) groups excluding carboxylic acids is 2. The van der Waals surface area contributed by atoms with E-state index in [4.69, 9.17) is 14.2 Å². The first-order valence-electron chi connectivity index (χ1n) is 8.37. The van der Waals surface area contributed by atoms with Gasteiger partial charge in [-0.15, -0.1) is 0 Å². The van der Waals surface area contributed by atoms with Crippen LogP contribution < -0.4 is 9.47 Å². The van der Waals surface area contributed by atoms with E-state index in [1.165, 1.54) is 13.2 Å². The summed E-state index contributed by atoms with van der Waals surface area (Å²) in [5.41, 5.74) is 1.21. The Bertz CT molecular complexity index is 648. The fourth-order valence-corrected chi connectivity index (χ4v) is 1.99. The van der Waals surface area contributed by atoms with E-state index in [9.17, 15) is 9.59 Å². The van der Waals surface area contributed by atoms with E-state index in [2.05, 4.69) is 11.3 Å². The Hall–Kier alpha value is -2.76. The molecule has 0 aliphatic carbocycles. The number of hydrogen-bond acceptors (Lipinski definition) is 6. The zero-order valence-corrected chi connectivity index (χ0v) is 15.6. The van der Waals surface area contributed by atoms with Crippen LogP contribution in [0.2, 0.25) is 0 Å².